The molecule has 2 saturated heterocycles. The number of anilines is 1. The molecule has 2 aliphatic heterocycles. The maximum Gasteiger partial charge on any atom is 0.209 e. The van der Waals surface area contributed by atoms with Gasteiger partial charge in [-0.25, -0.2) is 14.3 Å². The highest BCUT2D eigenvalue weighted by atomic mass is 32.2. The Hall–Kier alpha value is -1.91. The van der Waals surface area contributed by atoms with Crippen LogP contribution in [-0.4, -0.2) is 66.9 Å². The van der Waals surface area contributed by atoms with Crippen LogP contribution in [0.25, 0.3) is 11.4 Å². The number of rotatable bonds is 4. The fraction of sp³-hybridized carbons (Fsp3) is 0.600. The molecule has 4 heterocycles. The summed E-state index contributed by atoms with van der Waals surface area (Å²) in [5.74, 6) is 0.374. The summed E-state index contributed by atoms with van der Waals surface area (Å²) in [5.41, 5.74) is 1.53. The number of nitrogens with two attached hydrogens (primary N) is 1. The Labute approximate surface area is 148 Å². The Kier molecular flexibility index (Phi) is 4.73. The van der Waals surface area contributed by atoms with E-state index in [1.165, 1.54) is 25.9 Å². The van der Waals surface area contributed by atoms with Crippen molar-refractivity contribution in [2.75, 3.05) is 31.1 Å². The second-order valence-electron chi connectivity index (χ2n) is 6.50. The molecule has 1 unspecified atom stereocenters. The molecule has 1 atom stereocenters. The summed E-state index contributed by atoms with van der Waals surface area (Å²) in [6.07, 6.45) is 6.52. The molecule has 0 aliphatic carbocycles. The molecule has 25 heavy (non-hydrogen) atoms. The minimum Gasteiger partial charge on any atom is -0.371 e. The second kappa shape index (κ2) is 7.14. The van der Waals surface area contributed by atoms with Gasteiger partial charge in [-0.2, -0.15) is 5.21 Å². The van der Waals surface area contributed by atoms with Crippen molar-refractivity contribution in [2.24, 2.45) is 5.14 Å². The van der Waals surface area contributed by atoms with Crippen LogP contribution in [0, 0.1) is 0 Å². The molecular weight excluding hydrogens is 340 g/mol. The average molecular weight is 362 g/mol. The van der Waals surface area contributed by atoms with Gasteiger partial charge in [0.2, 0.25) is 5.82 Å². The highest BCUT2D eigenvalue weighted by molar-refractivity contribution is 7.82. The van der Waals surface area contributed by atoms with Crippen LogP contribution in [0.2, 0.25) is 0 Å². The van der Waals surface area contributed by atoms with Crippen molar-refractivity contribution in [1.29, 1.82) is 0 Å². The van der Waals surface area contributed by atoms with Crippen molar-refractivity contribution in [3.8, 4) is 11.4 Å². The molecule has 2 aliphatic rings. The van der Waals surface area contributed by atoms with Gasteiger partial charge in [0.15, 0.2) is 5.03 Å². The number of nitrogens with zero attached hydrogens (tertiary/aromatic N) is 6. The smallest absolute Gasteiger partial charge is 0.209 e. The van der Waals surface area contributed by atoms with E-state index in [-0.39, 0.29) is 0 Å². The van der Waals surface area contributed by atoms with Crippen LogP contribution in [0.15, 0.2) is 17.3 Å². The van der Waals surface area contributed by atoms with Crippen LogP contribution in [-0.2, 0) is 11.0 Å². The lowest BCUT2D eigenvalue weighted by molar-refractivity contribution is 0.208. The molecule has 0 aromatic carbocycles. The first kappa shape index (κ1) is 16.6. The van der Waals surface area contributed by atoms with Gasteiger partial charge in [-0.15, -0.1) is 10.2 Å². The van der Waals surface area contributed by atoms with Gasteiger partial charge in [-0.1, -0.05) is 0 Å². The van der Waals surface area contributed by atoms with Crippen molar-refractivity contribution in [1.82, 2.24) is 30.5 Å². The molecule has 2 fully saturated rings. The molecule has 10 heteroatoms. The third-order valence-electron chi connectivity index (χ3n) is 5.12. The van der Waals surface area contributed by atoms with Crippen LogP contribution < -0.4 is 10.0 Å². The largest absolute Gasteiger partial charge is 0.371 e. The summed E-state index contributed by atoms with van der Waals surface area (Å²) in [6.45, 7) is 4.33. The fourth-order valence-corrected chi connectivity index (χ4v) is 4.47. The van der Waals surface area contributed by atoms with Crippen LogP contribution >= 0.6 is 0 Å². The van der Waals surface area contributed by atoms with Crippen LogP contribution in [0.4, 0.5) is 5.69 Å². The molecule has 2 aromatic heterocycles. The number of hydrogen-bond donors (Lipinski definition) is 2. The Morgan fingerprint density at radius 2 is 1.96 bits per heavy atom. The number of hydrogen-bond acceptors (Lipinski definition) is 7. The van der Waals surface area contributed by atoms with E-state index in [1.807, 2.05) is 6.07 Å². The molecule has 0 bridgehead atoms. The van der Waals surface area contributed by atoms with Crippen molar-refractivity contribution in [3.63, 3.8) is 0 Å². The average Bonchev–Trinajstić information content (AvgIpc) is 3.35. The number of piperidine rings is 1. The normalized spacial score (nSPS) is 20.9. The monoisotopic (exact) mass is 362 g/mol. The fourth-order valence-electron chi connectivity index (χ4n) is 3.91. The molecule has 9 nitrogen and oxygen atoms in total. The first-order valence-corrected chi connectivity index (χ1v) is 9.83. The predicted octanol–water partition coefficient (Wildman–Crippen LogP) is 0.308. The van der Waals surface area contributed by atoms with Crippen LogP contribution in [0.3, 0.4) is 0 Å². The summed E-state index contributed by atoms with van der Waals surface area (Å²) in [4.78, 5) is 9.09. The lowest BCUT2D eigenvalue weighted by atomic mass is 10.0. The topological polar surface area (TPSA) is 117 Å². The standard InChI is InChI=1S/C15H22N8OS/c16-25(24)15-13(14-18-20-21-19-14)12(3-6-17-15)23-9-4-11(5-10-23)22-7-1-2-8-22/h3,6,11H,1-2,4-5,7-10,16H2,(H,18,19,20,21). The van der Waals surface area contributed by atoms with Gasteiger partial charge in [0.25, 0.3) is 0 Å². The van der Waals surface area contributed by atoms with E-state index in [2.05, 4.69) is 35.4 Å². The van der Waals surface area contributed by atoms with Crippen LogP contribution in [0.1, 0.15) is 25.7 Å². The first-order chi connectivity index (χ1) is 12.2. The highest BCUT2D eigenvalue weighted by Gasteiger charge is 2.29. The maximum atomic E-state index is 11.9. The van der Waals surface area contributed by atoms with Gasteiger partial charge in [-0.05, 0) is 50.1 Å². The zero-order chi connectivity index (χ0) is 17.2. The van der Waals surface area contributed by atoms with Gasteiger partial charge >= 0.3 is 0 Å². The number of aromatic nitrogens is 5. The van der Waals surface area contributed by atoms with Gasteiger partial charge in [-0.3, -0.25) is 0 Å². The number of tetrazole rings is 1. The van der Waals surface area contributed by atoms with Gasteiger partial charge < -0.3 is 9.80 Å². The minimum atomic E-state index is -1.72. The summed E-state index contributed by atoms with van der Waals surface area (Å²) in [7, 11) is -1.72. The summed E-state index contributed by atoms with van der Waals surface area (Å²) in [5, 5.41) is 20.1. The van der Waals surface area contributed by atoms with E-state index in [1.54, 1.807) is 6.20 Å². The molecular formula is C15H22N8OS. The van der Waals surface area contributed by atoms with E-state index in [9.17, 15) is 4.21 Å². The van der Waals surface area contributed by atoms with E-state index in [4.69, 9.17) is 5.14 Å². The Morgan fingerprint density at radius 3 is 2.60 bits per heavy atom. The van der Waals surface area contributed by atoms with Crippen LogP contribution in [0.5, 0.6) is 0 Å². The SMILES string of the molecule is NS(=O)c1nccc(N2CCC(N3CCCC3)CC2)c1-c1nn[nH]n1. The Morgan fingerprint density at radius 1 is 1.20 bits per heavy atom. The molecule has 0 saturated carbocycles. The minimum absolute atomic E-state index is 0.292. The second-order valence-corrected chi connectivity index (χ2v) is 7.49. The predicted molar refractivity (Wildman–Crippen MR) is 94.0 cm³/mol. The molecule has 4 rings (SSSR count). The summed E-state index contributed by atoms with van der Waals surface area (Å²) < 4.78 is 11.9. The molecule has 3 N–H and O–H groups in total. The van der Waals surface area contributed by atoms with Gasteiger partial charge in [0.1, 0.15) is 11.0 Å². The molecule has 134 valence electrons. The third kappa shape index (κ3) is 3.29. The first-order valence-electron chi connectivity index (χ1n) is 8.62. The highest BCUT2D eigenvalue weighted by Crippen LogP contribution is 2.34. The summed E-state index contributed by atoms with van der Waals surface area (Å²) in [6, 6.07) is 2.58. The third-order valence-corrected chi connectivity index (χ3v) is 5.81. The van der Waals surface area contributed by atoms with E-state index in [0.717, 1.165) is 31.6 Å². The number of pyridine rings is 1. The van der Waals surface area contributed by atoms with Gasteiger partial charge in [0.05, 0.1) is 11.3 Å². The molecule has 2 aromatic rings. The Bertz CT molecular complexity index is 738. The molecule has 0 amide bonds. The number of nitrogens with one attached hydrogen (secondary N) is 1. The lowest BCUT2D eigenvalue weighted by Gasteiger charge is -2.38. The van der Waals surface area contributed by atoms with E-state index >= 15 is 0 Å². The quantitative estimate of drug-likeness (QED) is 0.804. The zero-order valence-electron chi connectivity index (χ0n) is 14.0. The molecule has 0 radical (unpaired) electrons. The maximum absolute atomic E-state index is 11.9. The van der Waals surface area contributed by atoms with Gasteiger partial charge in [0, 0.05) is 25.3 Å². The van der Waals surface area contributed by atoms with Crippen molar-refractivity contribution < 1.29 is 4.21 Å². The zero-order valence-corrected chi connectivity index (χ0v) is 14.8. The number of aromatic amines is 1. The van der Waals surface area contributed by atoms with Crippen molar-refractivity contribution in [2.45, 2.75) is 36.8 Å². The molecule has 0 spiro atoms. The van der Waals surface area contributed by atoms with E-state index in [0.29, 0.717) is 22.5 Å². The Balaban J connectivity index is 1.60. The summed E-state index contributed by atoms with van der Waals surface area (Å²) >= 11 is 0. The number of likely N-dealkylation sites (tertiary alicyclic amines) is 1. The van der Waals surface area contributed by atoms with Crippen molar-refractivity contribution >= 4 is 16.7 Å². The lowest BCUT2D eigenvalue weighted by Crippen LogP contribution is -2.44. The van der Waals surface area contributed by atoms with Crippen molar-refractivity contribution in [3.05, 3.63) is 12.3 Å². The number of H-pyrrole nitrogens is 1. The van der Waals surface area contributed by atoms with E-state index < -0.39 is 11.0 Å².